The maximum absolute atomic E-state index is 12.7. The van der Waals surface area contributed by atoms with E-state index in [4.69, 9.17) is 16.3 Å². The van der Waals surface area contributed by atoms with E-state index in [1.807, 2.05) is 79.7 Å². The summed E-state index contributed by atoms with van der Waals surface area (Å²) in [7, 11) is 0. The van der Waals surface area contributed by atoms with E-state index in [0.29, 0.717) is 18.1 Å². The normalized spacial score (nSPS) is 17.8. The Hall–Kier alpha value is -3.65. The molecule has 2 unspecified atom stereocenters. The molecule has 1 aromatic heterocycles. The van der Waals surface area contributed by atoms with Crippen molar-refractivity contribution in [2.24, 2.45) is 5.10 Å². The number of carbonyl (C=O) groups excluding carboxylic acids is 1. The topological polar surface area (TPSA) is 90.5 Å². The van der Waals surface area contributed by atoms with Gasteiger partial charge in [0.05, 0.1) is 12.3 Å². The second-order valence-electron chi connectivity index (χ2n) is 8.53. The molecular formula is C27H26ClN5O2. The number of benzene rings is 3. The van der Waals surface area contributed by atoms with Crippen LogP contribution in [0.5, 0.6) is 5.75 Å². The number of aromatic amines is 1. The molecule has 1 fully saturated rings. The number of nitrogens with zero attached hydrogens (tertiary/aromatic N) is 1. The van der Waals surface area contributed by atoms with E-state index in [2.05, 4.69) is 26.4 Å². The molecule has 0 saturated carbocycles. The van der Waals surface area contributed by atoms with Crippen LogP contribution in [0.25, 0.3) is 10.9 Å². The SMILES string of the molecule is Cc1[nH]c2ccccc2c1/C=N/NC(=O)C1CC(c2ccccc2OCc2ccc(Cl)cc2)NN1. The van der Waals surface area contributed by atoms with Crippen LogP contribution < -0.4 is 21.0 Å². The zero-order chi connectivity index (χ0) is 24.2. The maximum atomic E-state index is 12.7. The highest BCUT2D eigenvalue weighted by molar-refractivity contribution is 6.30. The molecule has 0 spiro atoms. The number of amides is 1. The zero-order valence-electron chi connectivity index (χ0n) is 19.2. The van der Waals surface area contributed by atoms with Crippen molar-refractivity contribution in [3.8, 4) is 5.75 Å². The van der Waals surface area contributed by atoms with Crippen molar-refractivity contribution in [3.63, 3.8) is 0 Å². The average molecular weight is 488 g/mol. The van der Waals surface area contributed by atoms with Gasteiger partial charge >= 0.3 is 0 Å². The van der Waals surface area contributed by atoms with Gasteiger partial charge in [0.1, 0.15) is 18.4 Å². The van der Waals surface area contributed by atoms with E-state index < -0.39 is 6.04 Å². The van der Waals surface area contributed by atoms with E-state index in [-0.39, 0.29) is 11.9 Å². The predicted molar refractivity (Wildman–Crippen MR) is 138 cm³/mol. The second-order valence-corrected chi connectivity index (χ2v) is 8.96. The summed E-state index contributed by atoms with van der Waals surface area (Å²) in [6.45, 7) is 2.42. The van der Waals surface area contributed by atoms with Gasteiger partial charge in [0.2, 0.25) is 0 Å². The number of aryl methyl sites for hydroxylation is 1. The van der Waals surface area contributed by atoms with Crippen LogP contribution in [-0.4, -0.2) is 23.1 Å². The van der Waals surface area contributed by atoms with Crippen LogP contribution in [0, 0.1) is 6.92 Å². The summed E-state index contributed by atoms with van der Waals surface area (Å²) in [5.41, 5.74) is 14.0. The summed E-state index contributed by atoms with van der Waals surface area (Å²) >= 11 is 5.97. The summed E-state index contributed by atoms with van der Waals surface area (Å²) in [6.07, 6.45) is 2.25. The minimum atomic E-state index is -0.425. The number of hydrazone groups is 1. The van der Waals surface area contributed by atoms with Crippen LogP contribution in [0.15, 0.2) is 77.9 Å². The molecule has 0 radical (unpaired) electrons. The van der Waals surface area contributed by atoms with Gasteiger partial charge < -0.3 is 9.72 Å². The molecule has 4 aromatic rings. The number of nitrogens with one attached hydrogen (secondary N) is 4. The van der Waals surface area contributed by atoms with E-state index in [9.17, 15) is 4.79 Å². The summed E-state index contributed by atoms with van der Waals surface area (Å²) in [5.74, 6) is 0.573. The minimum Gasteiger partial charge on any atom is -0.489 e. The summed E-state index contributed by atoms with van der Waals surface area (Å²) in [4.78, 5) is 16.1. The van der Waals surface area contributed by atoms with Gasteiger partial charge in [-0.3, -0.25) is 4.79 Å². The molecule has 178 valence electrons. The number of aromatic nitrogens is 1. The molecule has 2 atom stereocenters. The molecule has 3 aromatic carbocycles. The van der Waals surface area contributed by atoms with Crippen molar-refractivity contribution >= 4 is 34.6 Å². The third-order valence-electron chi connectivity index (χ3n) is 6.13. The quantitative estimate of drug-likeness (QED) is 0.223. The van der Waals surface area contributed by atoms with Crippen molar-refractivity contribution in [2.75, 3.05) is 0 Å². The Balaban J connectivity index is 1.20. The molecule has 1 aliphatic heterocycles. The van der Waals surface area contributed by atoms with Gasteiger partial charge in [0.15, 0.2) is 0 Å². The molecule has 1 aliphatic rings. The lowest BCUT2D eigenvalue weighted by Gasteiger charge is -2.16. The number of rotatable bonds is 7. The van der Waals surface area contributed by atoms with Gasteiger partial charge in [-0.15, -0.1) is 0 Å². The first-order valence-electron chi connectivity index (χ1n) is 11.5. The lowest BCUT2D eigenvalue weighted by Crippen LogP contribution is -2.41. The van der Waals surface area contributed by atoms with Crippen molar-refractivity contribution < 1.29 is 9.53 Å². The van der Waals surface area contributed by atoms with Crippen LogP contribution in [-0.2, 0) is 11.4 Å². The molecule has 0 aliphatic carbocycles. The molecule has 0 bridgehead atoms. The van der Waals surface area contributed by atoms with Crippen LogP contribution in [0.4, 0.5) is 0 Å². The standard InChI is InChI=1S/C27H26ClN5O2/c1-17-22(20-6-2-4-8-23(20)30-17)15-29-33-27(34)25-14-24(31-32-25)21-7-3-5-9-26(21)35-16-18-10-12-19(28)13-11-18/h2-13,15,24-25,30-32H,14,16H2,1H3,(H,33,34)/b29-15+. The predicted octanol–water partition coefficient (Wildman–Crippen LogP) is 4.77. The van der Waals surface area contributed by atoms with Crippen LogP contribution in [0.2, 0.25) is 5.02 Å². The number of para-hydroxylation sites is 2. The zero-order valence-corrected chi connectivity index (χ0v) is 20.0. The van der Waals surface area contributed by atoms with Gasteiger partial charge in [-0.1, -0.05) is 60.1 Å². The highest BCUT2D eigenvalue weighted by Crippen LogP contribution is 2.31. The first-order valence-corrected chi connectivity index (χ1v) is 11.8. The van der Waals surface area contributed by atoms with Crippen molar-refractivity contribution in [3.05, 3.63) is 100 Å². The molecule has 1 amide bonds. The molecule has 5 rings (SSSR count). The highest BCUT2D eigenvalue weighted by Gasteiger charge is 2.31. The summed E-state index contributed by atoms with van der Waals surface area (Å²) in [6, 6.07) is 22.9. The number of halogens is 1. The molecular weight excluding hydrogens is 462 g/mol. The Kier molecular flexibility index (Phi) is 6.81. The third kappa shape index (κ3) is 5.22. The largest absolute Gasteiger partial charge is 0.489 e. The van der Waals surface area contributed by atoms with E-state index in [1.165, 1.54) is 0 Å². The second kappa shape index (κ2) is 10.3. The van der Waals surface area contributed by atoms with E-state index in [1.54, 1.807) is 6.21 Å². The van der Waals surface area contributed by atoms with Gasteiger partial charge in [-0.25, -0.2) is 16.3 Å². The Morgan fingerprint density at radius 3 is 2.71 bits per heavy atom. The average Bonchev–Trinajstić information content (AvgIpc) is 3.49. The summed E-state index contributed by atoms with van der Waals surface area (Å²) < 4.78 is 6.09. The lowest BCUT2D eigenvalue weighted by molar-refractivity contribution is -0.122. The fraction of sp³-hybridized carbons (Fsp3) is 0.185. The number of hydrogen-bond donors (Lipinski definition) is 4. The molecule has 35 heavy (non-hydrogen) atoms. The number of hydrazine groups is 1. The van der Waals surface area contributed by atoms with Crippen molar-refractivity contribution in [1.82, 2.24) is 21.3 Å². The molecule has 8 heteroatoms. The van der Waals surface area contributed by atoms with E-state index in [0.717, 1.165) is 39.0 Å². The highest BCUT2D eigenvalue weighted by atomic mass is 35.5. The number of carbonyl (C=O) groups is 1. The van der Waals surface area contributed by atoms with Gasteiger partial charge in [-0.05, 0) is 43.2 Å². The first-order chi connectivity index (χ1) is 17.1. The lowest BCUT2D eigenvalue weighted by atomic mass is 10.0. The maximum Gasteiger partial charge on any atom is 0.258 e. The Morgan fingerprint density at radius 1 is 1.09 bits per heavy atom. The number of hydrogen-bond acceptors (Lipinski definition) is 5. The van der Waals surface area contributed by atoms with Gasteiger partial charge in [0, 0.05) is 32.7 Å². The van der Waals surface area contributed by atoms with Gasteiger partial charge in [0.25, 0.3) is 5.91 Å². The van der Waals surface area contributed by atoms with Crippen LogP contribution >= 0.6 is 11.6 Å². The van der Waals surface area contributed by atoms with E-state index >= 15 is 0 Å². The first kappa shape index (κ1) is 23.1. The molecule has 7 nitrogen and oxygen atoms in total. The number of ether oxygens (including phenoxy) is 1. The monoisotopic (exact) mass is 487 g/mol. The smallest absolute Gasteiger partial charge is 0.258 e. The van der Waals surface area contributed by atoms with Crippen molar-refractivity contribution in [1.29, 1.82) is 0 Å². The summed E-state index contributed by atoms with van der Waals surface area (Å²) in [5, 5.41) is 5.97. The van der Waals surface area contributed by atoms with Crippen LogP contribution in [0.1, 0.15) is 34.8 Å². The molecule has 2 heterocycles. The molecule has 4 N–H and O–H groups in total. The Morgan fingerprint density at radius 2 is 1.86 bits per heavy atom. The van der Waals surface area contributed by atoms with Crippen LogP contribution in [0.3, 0.4) is 0 Å². The fourth-order valence-corrected chi connectivity index (χ4v) is 4.40. The Labute approximate surface area is 208 Å². The minimum absolute atomic E-state index is 0.0768. The van der Waals surface area contributed by atoms with Gasteiger partial charge in [-0.2, -0.15) is 5.10 Å². The van der Waals surface area contributed by atoms with Crippen molar-refractivity contribution in [2.45, 2.75) is 32.0 Å². The molecule has 1 saturated heterocycles. The number of H-pyrrole nitrogens is 1. The number of fused-ring (bicyclic) bond motifs is 1. The third-order valence-corrected chi connectivity index (χ3v) is 6.39. The fourth-order valence-electron chi connectivity index (χ4n) is 4.28. The Bertz CT molecular complexity index is 1370.